The molecule has 0 N–H and O–H groups in total. The largest absolute Gasteiger partial charge is 0.456 e. The maximum absolute atomic E-state index is 9.33. The quantitative estimate of drug-likeness (QED) is 0.179. The fourth-order valence-electron chi connectivity index (χ4n) is 6.63. The lowest BCUT2D eigenvalue weighted by atomic mass is 9.98. The number of hydrogen-bond donors (Lipinski definition) is 0. The molecule has 9 rings (SSSR count). The Bertz CT molecular complexity index is 2750. The van der Waals surface area contributed by atoms with Gasteiger partial charge in [-0.2, -0.15) is 5.26 Å². The number of fused-ring (bicyclic) bond motifs is 3. The monoisotopic (exact) mass is 652 g/mol. The van der Waals surface area contributed by atoms with E-state index in [1.165, 1.54) is 0 Å². The van der Waals surface area contributed by atoms with Crippen LogP contribution in [0.3, 0.4) is 0 Å². The second-order valence-corrected chi connectivity index (χ2v) is 12.4. The summed E-state index contributed by atoms with van der Waals surface area (Å²) >= 11 is 0. The minimum Gasteiger partial charge on any atom is -0.456 e. The van der Waals surface area contributed by atoms with Crippen LogP contribution in [-0.4, -0.2) is 15.0 Å². The number of nitriles is 1. The number of nitrogens with zero attached hydrogens (tertiary/aromatic N) is 4. The number of rotatable bonds is 6. The Morgan fingerprint density at radius 1 is 0.392 bits per heavy atom. The molecule has 5 heteroatoms. The molecule has 0 spiro atoms. The topological polar surface area (TPSA) is 75.6 Å². The summed E-state index contributed by atoms with van der Waals surface area (Å²) in [5.41, 5.74) is 11.4. The zero-order valence-electron chi connectivity index (χ0n) is 27.4. The van der Waals surface area contributed by atoms with Gasteiger partial charge in [-0.3, -0.25) is 0 Å². The van der Waals surface area contributed by atoms with E-state index >= 15 is 0 Å². The van der Waals surface area contributed by atoms with Crippen molar-refractivity contribution in [2.45, 2.75) is 0 Å². The van der Waals surface area contributed by atoms with Crippen molar-refractivity contribution >= 4 is 21.9 Å². The summed E-state index contributed by atoms with van der Waals surface area (Å²) in [5.74, 6) is 1.75. The molecule has 51 heavy (non-hydrogen) atoms. The summed E-state index contributed by atoms with van der Waals surface area (Å²) in [4.78, 5) is 15.0. The van der Waals surface area contributed by atoms with Crippen molar-refractivity contribution in [3.8, 4) is 73.6 Å². The van der Waals surface area contributed by atoms with E-state index in [4.69, 9.17) is 19.4 Å². The van der Waals surface area contributed by atoms with Crippen LogP contribution in [0.2, 0.25) is 0 Å². The van der Waals surface area contributed by atoms with E-state index in [2.05, 4.69) is 84.9 Å². The van der Waals surface area contributed by atoms with Gasteiger partial charge in [0.25, 0.3) is 0 Å². The standard InChI is InChI=1S/C46H28N4O/c47-29-30-10-7-15-35(26-30)31-20-22-32(23-21-31)36-16-8-17-37(27-36)45-48-44(34-13-5-2-6-14-34)49-46(50-45)38-24-25-40-42(28-38)51-41-19-9-18-39(43(40)41)33-11-3-1-4-12-33/h1-28H. The molecule has 0 radical (unpaired) electrons. The molecule has 0 unspecified atom stereocenters. The second kappa shape index (κ2) is 12.7. The highest BCUT2D eigenvalue weighted by Crippen LogP contribution is 2.38. The average molecular weight is 653 g/mol. The predicted octanol–water partition coefficient (Wildman–Crippen LogP) is 11.6. The smallest absolute Gasteiger partial charge is 0.164 e. The first kappa shape index (κ1) is 29.9. The van der Waals surface area contributed by atoms with Gasteiger partial charge in [0, 0.05) is 27.5 Å². The minimum atomic E-state index is 0.568. The zero-order valence-corrected chi connectivity index (χ0v) is 27.4. The van der Waals surface area contributed by atoms with Gasteiger partial charge in [-0.15, -0.1) is 0 Å². The first-order valence-corrected chi connectivity index (χ1v) is 16.7. The van der Waals surface area contributed by atoms with Crippen molar-refractivity contribution < 1.29 is 4.42 Å². The third kappa shape index (κ3) is 5.71. The first-order valence-electron chi connectivity index (χ1n) is 16.7. The van der Waals surface area contributed by atoms with Gasteiger partial charge in [0.2, 0.25) is 0 Å². The van der Waals surface area contributed by atoms with Gasteiger partial charge in [-0.25, -0.2) is 15.0 Å². The molecule has 0 saturated heterocycles. The number of hydrogen-bond acceptors (Lipinski definition) is 5. The summed E-state index contributed by atoms with van der Waals surface area (Å²) in [6.45, 7) is 0. The van der Waals surface area contributed by atoms with Crippen LogP contribution in [-0.2, 0) is 0 Å². The summed E-state index contributed by atoms with van der Waals surface area (Å²) in [5, 5.41) is 11.5. The van der Waals surface area contributed by atoms with Crippen LogP contribution in [0.4, 0.5) is 0 Å². The maximum Gasteiger partial charge on any atom is 0.164 e. The van der Waals surface area contributed by atoms with Crippen molar-refractivity contribution in [1.29, 1.82) is 5.26 Å². The van der Waals surface area contributed by atoms with Gasteiger partial charge >= 0.3 is 0 Å². The van der Waals surface area contributed by atoms with E-state index in [1.807, 2.05) is 91.0 Å². The summed E-state index contributed by atoms with van der Waals surface area (Å²) in [6, 6.07) is 59.3. The molecule has 2 aromatic heterocycles. The highest BCUT2D eigenvalue weighted by atomic mass is 16.3. The van der Waals surface area contributed by atoms with Crippen LogP contribution in [0.25, 0.3) is 89.5 Å². The van der Waals surface area contributed by atoms with E-state index in [1.54, 1.807) is 0 Å². The first-order chi connectivity index (χ1) is 25.2. The minimum absolute atomic E-state index is 0.568. The van der Waals surface area contributed by atoms with Crippen molar-refractivity contribution in [2.24, 2.45) is 0 Å². The summed E-state index contributed by atoms with van der Waals surface area (Å²) in [7, 11) is 0. The van der Waals surface area contributed by atoms with Crippen LogP contribution >= 0.6 is 0 Å². The van der Waals surface area contributed by atoms with Crippen LogP contribution in [0.5, 0.6) is 0 Å². The fraction of sp³-hybridized carbons (Fsp3) is 0. The molecule has 0 saturated carbocycles. The highest BCUT2D eigenvalue weighted by molar-refractivity contribution is 6.13. The highest BCUT2D eigenvalue weighted by Gasteiger charge is 2.17. The Kier molecular flexibility index (Phi) is 7.46. The van der Waals surface area contributed by atoms with Gasteiger partial charge in [-0.1, -0.05) is 133 Å². The Labute approximate surface area is 294 Å². The van der Waals surface area contributed by atoms with E-state index in [9.17, 15) is 5.26 Å². The Morgan fingerprint density at radius 2 is 0.922 bits per heavy atom. The van der Waals surface area contributed by atoms with Gasteiger partial charge < -0.3 is 4.42 Å². The molecule has 5 nitrogen and oxygen atoms in total. The SMILES string of the molecule is N#Cc1cccc(-c2ccc(-c3cccc(-c4nc(-c5ccccc5)nc(-c5ccc6c(c5)oc5cccc(-c7ccccc7)c56)n4)c3)cc2)c1. The van der Waals surface area contributed by atoms with Crippen LogP contribution < -0.4 is 0 Å². The van der Waals surface area contributed by atoms with Crippen molar-refractivity contribution in [3.05, 3.63) is 175 Å². The Morgan fingerprint density at radius 3 is 1.61 bits per heavy atom. The molecule has 0 aliphatic heterocycles. The lowest BCUT2D eigenvalue weighted by molar-refractivity contribution is 0.669. The fourth-order valence-corrected chi connectivity index (χ4v) is 6.63. The van der Waals surface area contributed by atoms with Gasteiger partial charge in [0.05, 0.1) is 11.6 Å². The summed E-state index contributed by atoms with van der Waals surface area (Å²) < 4.78 is 6.43. The normalized spacial score (nSPS) is 11.1. The van der Waals surface area contributed by atoms with Crippen LogP contribution in [0, 0.1) is 11.3 Å². The van der Waals surface area contributed by atoms with Gasteiger partial charge in [0.15, 0.2) is 17.5 Å². The summed E-state index contributed by atoms with van der Waals surface area (Å²) in [6.07, 6.45) is 0. The van der Waals surface area contributed by atoms with E-state index < -0.39 is 0 Å². The molecule has 0 bridgehead atoms. The van der Waals surface area contributed by atoms with Crippen molar-refractivity contribution in [1.82, 2.24) is 15.0 Å². The molecule has 0 atom stereocenters. The molecule has 7 aromatic carbocycles. The molecule has 238 valence electrons. The molecule has 0 aliphatic carbocycles. The molecule has 9 aromatic rings. The molecule has 0 amide bonds. The molecular weight excluding hydrogens is 625 g/mol. The number of benzene rings is 7. The number of aromatic nitrogens is 3. The lowest BCUT2D eigenvalue weighted by Crippen LogP contribution is -2.00. The number of furan rings is 1. The average Bonchev–Trinajstić information content (AvgIpc) is 3.60. The van der Waals surface area contributed by atoms with Gasteiger partial charge in [-0.05, 0) is 69.8 Å². The van der Waals surface area contributed by atoms with E-state index in [0.29, 0.717) is 23.0 Å². The van der Waals surface area contributed by atoms with Crippen molar-refractivity contribution in [2.75, 3.05) is 0 Å². The van der Waals surface area contributed by atoms with E-state index in [-0.39, 0.29) is 0 Å². The van der Waals surface area contributed by atoms with Crippen LogP contribution in [0.1, 0.15) is 5.56 Å². The molecular formula is C46H28N4O. The maximum atomic E-state index is 9.33. The zero-order chi connectivity index (χ0) is 34.1. The Balaban J connectivity index is 1.12. The third-order valence-electron chi connectivity index (χ3n) is 9.17. The Hall–Kier alpha value is -7.16. The molecule has 2 heterocycles. The van der Waals surface area contributed by atoms with Crippen molar-refractivity contribution in [3.63, 3.8) is 0 Å². The molecule has 0 aliphatic rings. The lowest BCUT2D eigenvalue weighted by Gasteiger charge is -2.10. The van der Waals surface area contributed by atoms with Crippen LogP contribution in [0.15, 0.2) is 174 Å². The van der Waals surface area contributed by atoms with E-state index in [0.717, 1.165) is 72.0 Å². The molecule has 0 fully saturated rings. The predicted molar refractivity (Wildman–Crippen MR) is 204 cm³/mol. The third-order valence-corrected chi connectivity index (χ3v) is 9.17. The van der Waals surface area contributed by atoms with Gasteiger partial charge in [0.1, 0.15) is 11.2 Å². The second-order valence-electron chi connectivity index (χ2n) is 12.4.